The number of carbonyl (C=O) groups excluding carboxylic acids is 1. The number of carbonyl (C=O) groups is 1. The molecule has 4 nitrogen and oxygen atoms in total. The first kappa shape index (κ1) is 11.2. The van der Waals surface area contributed by atoms with Crippen LogP contribution in [0.25, 0.3) is 0 Å². The Labute approximate surface area is 99.4 Å². The lowest BCUT2D eigenvalue weighted by atomic mass is 10.0. The number of amides is 1. The van der Waals surface area contributed by atoms with Crippen LogP contribution in [-0.4, -0.2) is 17.4 Å². The van der Waals surface area contributed by atoms with Crippen LogP contribution in [0.2, 0.25) is 5.02 Å². The lowest BCUT2D eigenvalue weighted by molar-refractivity contribution is -0.119. The fourth-order valence-electron chi connectivity index (χ4n) is 1.80. The maximum absolute atomic E-state index is 11.9. The van der Waals surface area contributed by atoms with E-state index in [9.17, 15) is 4.79 Å². The van der Waals surface area contributed by atoms with Gasteiger partial charge in [-0.2, -0.15) is 0 Å². The Morgan fingerprint density at radius 2 is 2.44 bits per heavy atom. The van der Waals surface area contributed by atoms with Gasteiger partial charge < -0.3 is 10.6 Å². The van der Waals surface area contributed by atoms with E-state index < -0.39 is 0 Å². The van der Waals surface area contributed by atoms with Crippen LogP contribution in [0.5, 0.6) is 0 Å². The van der Waals surface area contributed by atoms with Gasteiger partial charge in [-0.15, -0.1) is 0 Å². The monoisotopic (exact) mass is 239 g/mol. The van der Waals surface area contributed by atoms with E-state index in [4.69, 9.17) is 11.6 Å². The fraction of sp³-hybridized carbons (Fsp3) is 0.455. The van der Waals surface area contributed by atoms with E-state index in [0.717, 1.165) is 12.8 Å². The molecule has 0 fully saturated rings. The summed E-state index contributed by atoms with van der Waals surface area (Å²) >= 11 is 5.83. The number of nitrogens with zero attached hydrogens (tertiary/aromatic N) is 1. The highest BCUT2D eigenvalue weighted by Gasteiger charge is 2.23. The summed E-state index contributed by atoms with van der Waals surface area (Å²) in [6.07, 6.45) is 3.44. The van der Waals surface area contributed by atoms with Crippen LogP contribution < -0.4 is 10.6 Å². The molecule has 16 heavy (non-hydrogen) atoms. The van der Waals surface area contributed by atoms with Gasteiger partial charge in [-0.05, 0) is 12.5 Å². The topological polar surface area (TPSA) is 54.0 Å². The molecule has 0 saturated heterocycles. The number of anilines is 2. The number of nitrogens with one attached hydrogen (secondary N) is 2. The van der Waals surface area contributed by atoms with Gasteiger partial charge in [0, 0.05) is 12.7 Å². The second-order valence-corrected chi connectivity index (χ2v) is 4.34. The van der Waals surface area contributed by atoms with Crippen LogP contribution in [0.4, 0.5) is 11.5 Å². The van der Waals surface area contributed by atoms with Crippen LogP contribution in [0.15, 0.2) is 12.3 Å². The number of pyridine rings is 1. The highest BCUT2D eigenvalue weighted by atomic mass is 35.5. The summed E-state index contributed by atoms with van der Waals surface area (Å²) in [7, 11) is 0. The molecule has 0 aromatic carbocycles. The SMILES string of the molecule is CCCC1CNc2ncc(Cl)cc2NC1=O. The number of rotatable bonds is 2. The first-order chi connectivity index (χ1) is 7.70. The van der Waals surface area contributed by atoms with Crippen molar-refractivity contribution in [3.63, 3.8) is 0 Å². The number of hydrogen-bond acceptors (Lipinski definition) is 3. The van der Waals surface area contributed by atoms with Crippen molar-refractivity contribution in [3.8, 4) is 0 Å². The minimum atomic E-state index is -0.00187. The first-order valence-corrected chi connectivity index (χ1v) is 5.78. The second kappa shape index (κ2) is 4.70. The maximum Gasteiger partial charge on any atom is 0.229 e. The minimum absolute atomic E-state index is 0.00187. The van der Waals surface area contributed by atoms with Crippen molar-refractivity contribution in [1.82, 2.24) is 4.98 Å². The summed E-state index contributed by atoms with van der Waals surface area (Å²) in [5.74, 6) is 0.728. The molecule has 0 radical (unpaired) electrons. The molecule has 1 aromatic rings. The molecule has 0 bridgehead atoms. The second-order valence-electron chi connectivity index (χ2n) is 3.91. The molecule has 2 N–H and O–H groups in total. The highest BCUT2D eigenvalue weighted by Crippen LogP contribution is 2.26. The molecule has 1 aliphatic rings. The van der Waals surface area contributed by atoms with E-state index in [1.54, 1.807) is 12.3 Å². The quantitative estimate of drug-likeness (QED) is 0.834. The highest BCUT2D eigenvalue weighted by molar-refractivity contribution is 6.30. The van der Waals surface area contributed by atoms with Gasteiger partial charge in [-0.1, -0.05) is 24.9 Å². The summed E-state index contributed by atoms with van der Waals surface area (Å²) in [4.78, 5) is 16.0. The first-order valence-electron chi connectivity index (χ1n) is 5.41. The predicted molar refractivity (Wildman–Crippen MR) is 64.8 cm³/mol. The Hall–Kier alpha value is -1.29. The van der Waals surface area contributed by atoms with Crippen LogP contribution >= 0.6 is 11.6 Å². The Kier molecular flexibility index (Phi) is 3.29. The largest absolute Gasteiger partial charge is 0.368 e. The molecule has 1 aliphatic heterocycles. The van der Waals surface area contributed by atoms with E-state index in [1.807, 2.05) is 0 Å². The summed E-state index contributed by atoms with van der Waals surface area (Å²) in [6.45, 7) is 2.70. The number of aromatic nitrogens is 1. The van der Waals surface area contributed by atoms with Gasteiger partial charge in [-0.3, -0.25) is 4.79 Å². The zero-order chi connectivity index (χ0) is 11.5. The van der Waals surface area contributed by atoms with Gasteiger partial charge in [0.25, 0.3) is 0 Å². The zero-order valence-electron chi connectivity index (χ0n) is 9.09. The average Bonchev–Trinajstić information content (AvgIpc) is 2.39. The third-order valence-electron chi connectivity index (χ3n) is 2.64. The lowest BCUT2D eigenvalue weighted by Gasteiger charge is -2.10. The standard InChI is InChI=1S/C11H14ClN3O/c1-2-3-7-5-13-10-9(15-11(7)16)4-8(12)6-14-10/h4,6-7H,2-3,5H2,1H3,(H,13,14)(H,15,16). The zero-order valence-corrected chi connectivity index (χ0v) is 9.84. The fourth-order valence-corrected chi connectivity index (χ4v) is 1.96. The van der Waals surface area contributed by atoms with Crippen molar-refractivity contribution in [1.29, 1.82) is 0 Å². The molecule has 5 heteroatoms. The molecule has 0 aliphatic carbocycles. The van der Waals surface area contributed by atoms with Gasteiger partial charge in [-0.25, -0.2) is 4.98 Å². The summed E-state index contributed by atoms with van der Waals surface area (Å²) in [6, 6.07) is 1.71. The molecule has 1 amide bonds. The van der Waals surface area contributed by atoms with Gasteiger partial charge in [0.15, 0.2) is 0 Å². The Morgan fingerprint density at radius 1 is 1.62 bits per heavy atom. The molecule has 1 atom stereocenters. The third-order valence-corrected chi connectivity index (χ3v) is 2.84. The Morgan fingerprint density at radius 3 is 3.19 bits per heavy atom. The summed E-state index contributed by atoms with van der Waals surface area (Å²) in [5, 5.41) is 6.54. The van der Waals surface area contributed by atoms with Crippen molar-refractivity contribution in [2.24, 2.45) is 5.92 Å². The Balaban J connectivity index is 2.23. The molecule has 2 heterocycles. The summed E-state index contributed by atoms with van der Waals surface area (Å²) in [5.41, 5.74) is 0.663. The normalized spacial score (nSPS) is 19.4. The van der Waals surface area contributed by atoms with Gasteiger partial charge >= 0.3 is 0 Å². The summed E-state index contributed by atoms with van der Waals surface area (Å²) < 4.78 is 0. The molecular weight excluding hydrogens is 226 g/mol. The van der Waals surface area contributed by atoms with Crippen molar-refractivity contribution in [2.75, 3.05) is 17.2 Å². The van der Waals surface area contributed by atoms with Gasteiger partial charge in [0.1, 0.15) is 5.82 Å². The van der Waals surface area contributed by atoms with Gasteiger partial charge in [0.2, 0.25) is 5.91 Å². The molecule has 2 rings (SSSR count). The van der Waals surface area contributed by atoms with Gasteiger partial charge in [0.05, 0.1) is 16.6 Å². The van der Waals surface area contributed by atoms with Crippen molar-refractivity contribution >= 4 is 29.0 Å². The van der Waals surface area contributed by atoms with Crippen LogP contribution in [0.1, 0.15) is 19.8 Å². The predicted octanol–water partition coefficient (Wildman–Crippen LogP) is 2.52. The number of hydrogen-bond donors (Lipinski definition) is 2. The smallest absolute Gasteiger partial charge is 0.229 e. The molecular formula is C11H14ClN3O. The van der Waals surface area contributed by atoms with Crippen LogP contribution in [0, 0.1) is 5.92 Å². The van der Waals surface area contributed by atoms with Crippen molar-refractivity contribution in [2.45, 2.75) is 19.8 Å². The Bertz CT molecular complexity index is 408. The number of halogens is 1. The minimum Gasteiger partial charge on any atom is -0.368 e. The van der Waals surface area contributed by atoms with E-state index in [1.165, 1.54) is 0 Å². The molecule has 1 unspecified atom stereocenters. The van der Waals surface area contributed by atoms with Crippen molar-refractivity contribution < 1.29 is 4.79 Å². The lowest BCUT2D eigenvalue weighted by Crippen LogP contribution is -2.25. The molecule has 1 aromatic heterocycles. The molecule has 86 valence electrons. The average molecular weight is 240 g/mol. The van der Waals surface area contributed by atoms with Crippen LogP contribution in [-0.2, 0) is 4.79 Å². The maximum atomic E-state index is 11.9. The number of fused-ring (bicyclic) bond motifs is 1. The van der Waals surface area contributed by atoms with E-state index >= 15 is 0 Å². The van der Waals surface area contributed by atoms with Crippen LogP contribution in [0.3, 0.4) is 0 Å². The molecule has 0 saturated carbocycles. The van der Waals surface area contributed by atoms with E-state index in [2.05, 4.69) is 22.5 Å². The van der Waals surface area contributed by atoms with E-state index in [0.29, 0.717) is 23.1 Å². The third kappa shape index (κ3) is 2.27. The van der Waals surface area contributed by atoms with Crippen molar-refractivity contribution in [3.05, 3.63) is 17.3 Å². The van der Waals surface area contributed by atoms with E-state index in [-0.39, 0.29) is 11.8 Å². The molecule has 0 spiro atoms.